The molecule has 1 heterocycles. The van der Waals surface area contributed by atoms with E-state index in [1.54, 1.807) is 12.1 Å². The molecule has 0 saturated carbocycles. The van der Waals surface area contributed by atoms with E-state index in [9.17, 15) is 0 Å². The summed E-state index contributed by atoms with van der Waals surface area (Å²) in [6, 6.07) is 15.1. The highest BCUT2D eigenvalue weighted by Gasteiger charge is 2.14. The van der Waals surface area contributed by atoms with E-state index in [0.717, 1.165) is 32.8 Å². The number of fused-ring (bicyclic) bond motifs is 1. The summed E-state index contributed by atoms with van der Waals surface area (Å²) >= 11 is 15.9. The molecule has 0 aliphatic carbocycles. The summed E-state index contributed by atoms with van der Waals surface area (Å²) in [6.45, 7) is 4.48. The van der Waals surface area contributed by atoms with Gasteiger partial charge in [0.1, 0.15) is 19.8 Å². The maximum absolute atomic E-state index is 6.27. The van der Waals surface area contributed by atoms with Gasteiger partial charge in [0.2, 0.25) is 0 Å². The molecule has 0 atom stereocenters. The Labute approximate surface area is 205 Å². The van der Waals surface area contributed by atoms with Gasteiger partial charge in [-0.25, -0.2) is 0 Å². The number of benzene rings is 3. The normalized spacial score (nSPS) is 12.4. The fraction of sp³-hybridized carbons (Fsp3) is 0.250. The summed E-state index contributed by atoms with van der Waals surface area (Å²) in [5, 5.41) is 4.57. The minimum atomic E-state index is 0.303. The number of anilines is 1. The van der Waals surface area contributed by atoms with Crippen molar-refractivity contribution in [3.63, 3.8) is 0 Å². The summed E-state index contributed by atoms with van der Waals surface area (Å²) in [6.07, 6.45) is 0. The highest BCUT2D eigenvalue weighted by atomic mass is 79.9. The Morgan fingerprint density at radius 2 is 1.69 bits per heavy atom. The molecule has 3 aromatic rings. The lowest BCUT2D eigenvalue weighted by molar-refractivity contribution is 0.171. The zero-order chi connectivity index (χ0) is 22.5. The van der Waals surface area contributed by atoms with Crippen LogP contribution < -0.4 is 24.3 Å². The number of rotatable bonds is 8. The van der Waals surface area contributed by atoms with Crippen LogP contribution in [0.1, 0.15) is 18.1 Å². The van der Waals surface area contributed by atoms with Gasteiger partial charge in [-0.2, -0.15) is 0 Å². The fourth-order valence-electron chi connectivity index (χ4n) is 3.24. The van der Waals surface area contributed by atoms with Crippen LogP contribution in [0.5, 0.6) is 23.0 Å². The van der Waals surface area contributed by atoms with Crippen molar-refractivity contribution >= 4 is 44.8 Å². The van der Waals surface area contributed by atoms with Gasteiger partial charge in [0.05, 0.1) is 6.61 Å². The predicted octanol–water partition coefficient (Wildman–Crippen LogP) is 7.12. The van der Waals surface area contributed by atoms with Crippen LogP contribution in [-0.4, -0.2) is 19.8 Å². The zero-order valence-electron chi connectivity index (χ0n) is 17.4. The van der Waals surface area contributed by atoms with Crippen molar-refractivity contribution in [1.82, 2.24) is 0 Å². The van der Waals surface area contributed by atoms with Crippen LogP contribution >= 0.6 is 39.1 Å². The molecule has 0 spiro atoms. The van der Waals surface area contributed by atoms with Crippen LogP contribution in [-0.2, 0) is 13.2 Å². The summed E-state index contributed by atoms with van der Waals surface area (Å²) < 4.78 is 24.0. The number of halogens is 3. The molecule has 0 saturated heterocycles. The maximum atomic E-state index is 6.27. The maximum Gasteiger partial charge on any atom is 0.163 e. The molecule has 1 aliphatic rings. The van der Waals surface area contributed by atoms with Gasteiger partial charge in [-0.3, -0.25) is 0 Å². The van der Waals surface area contributed by atoms with E-state index in [4.69, 9.17) is 42.1 Å². The highest BCUT2D eigenvalue weighted by Crippen LogP contribution is 2.36. The second-order valence-corrected chi connectivity index (χ2v) is 8.76. The lowest BCUT2D eigenvalue weighted by Gasteiger charge is -2.19. The van der Waals surface area contributed by atoms with Gasteiger partial charge in [-0.1, -0.05) is 45.2 Å². The summed E-state index contributed by atoms with van der Waals surface area (Å²) in [5.74, 6) is 2.82. The van der Waals surface area contributed by atoms with Crippen LogP contribution in [0.2, 0.25) is 10.0 Å². The van der Waals surface area contributed by atoms with Gasteiger partial charge >= 0.3 is 0 Å². The third-order valence-electron chi connectivity index (χ3n) is 4.84. The summed E-state index contributed by atoms with van der Waals surface area (Å²) in [4.78, 5) is 0. The van der Waals surface area contributed by atoms with Crippen LogP contribution in [0, 0.1) is 0 Å². The average molecular weight is 539 g/mol. The molecule has 32 heavy (non-hydrogen) atoms. The third kappa shape index (κ3) is 5.55. The predicted molar refractivity (Wildman–Crippen MR) is 131 cm³/mol. The summed E-state index contributed by atoms with van der Waals surface area (Å²) in [5.41, 5.74) is 2.82. The molecular weight excluding hydrogens is 517 g/mol. The van der Waals surface area contributed by atoms with E-state index in [1.165, 1.54) is 0 Å². The molecule has 8 heteroatoms. The Morgan fingerprint density at radius 1 is 0.906 bits per heavy atom. The summed E-state index contributed by atoms with van der Waals surface area (Å²) in [7, 11) is 0. The second kappa shape index (κ2) is 10.6. The first kappa shape index (κ1) is 22.9. The molecule has 0 unspecified atom stereocenters. The molecule has 168 valence electrons. The van der Waals surface area contributed by atoms with E-state index in [2.05, 4.69) is 21.2 Å². The van der Waals surface area contributed by atoms with Crippen molar-refractivity contribution in [2.45, 2.75) is 20.1 Å². The van der Waals surface area contributed by atoms with Crippen LogP contribution in [0.4, 0.5) is 5.69 Å². The average Bonchev–Trinajstić information content (AvgIpc) is 2.79. The SMILES string of the molecule is CCOc1cc(CNc2ccc3c(c2)OCCO3)c(Br)cc1OCc1ccc(Cl)cc1Cl. The Kier molecular flexibility index (Phi) is 7.55. The molecule has 1 N–H and O–H groups in total. The van der Waals surface area contributed by atoms with Crippen molar-refractivity contribution in [2.24, 2.45) is 0 Å². The lowest BCUT2D eigenvalue weighted by Crippen LogP contribution is -2.15. The van der Waals surface area contributed by atoms with E-state index in [0.29, 0.717) is 54.5 Å². The first-order chi connectivity index (χ1) is 15.5. The topological polar surface area (TPSA) is 49.0 Å². The zero-order valence-corrected chi connectivity index (χ0v) is 20.5. The molecule has 0 amide bonds. The largest absolute Gasteiger partial charge is 0.490 e. The van der Waals surface area contributed by atoms with Crippen molar-refractivity contribution in [3.05, 3.63) is 74.2 Å². The minimum Gasteiger partial charge on any atom is -0.490 e. The minimum absolute atomic E-state index is 0.303. The first-order valence-electron chi connectivity index (χ1n) is 10.2. The fourth-order valence-corrected chi connectivity index (χ4v) is 4.16. The van der Waals surface area contributed by atoms with Gasteiger partial charge in [0.15, 0.2) is 23.0 Å². The van der Waals surface area contributed by atoms with Crippen LogP contribution in [0.3, 0.4) is 0 Å². The van der Waals surface area contributed by atoms with Gasteiger partial charge in [0.25, 0.3) is 0 Å². The molecule has 0 bridgehead atoms. The number of nitrogens with one attached hydrogen (secondary N) is 1. The Morgan fingerprint density at radius 3 is 2.47 bits per heavy atom. The molecule has 4 rings (SSSR count). The smallest absolute Gasteiger partial charge is 0.163 e. The molecular formula is C24H22BrCl2NO4. The lowest BCUT2D eigenvalue weighted by atomic mass is 10.2. The van der Waals surface area contributed by atoms with E-state index < -0.39 is 0 Å². The number of hydrogen-bond donors (Lipinski definition) is 1. The Hall–Kier alpha value is -2.28. The number of hydrogen-bond acceptors (Lipinski definition) is 5. The van der Waals surface area contributed by atoms with Crippen LogP contribution in [0.15, 0.2) is 53.0 Å². The van der Waals surface area contributed by atoms with Gasteiger partial charge in [-0.05, 0) is 48.9 Å². The molecule has 3 aromatic carbocycles. The second-order valence-electron chi connectivity index (χ2n) is 7.06. The Bertz CT molecular complexity index is 1110. The van der Waals surface area contributed by atoms with Gasteiger partial charge in [-0.15, -0.1) is 0 Å². The third-order valence-corrected chi connectivity index (χ3v) is 6.16. The monoisotopic (exact) mass is 537 g/mol. The molecule has 0 aromatic heterocycles. The quantitative estimate of drug-likeness (QED) is 0.331. The van der Waals surface area contributed by atoms with Crippen LogP contribution in [0.25, 0.3) is 0 Å². The van der Waals surface area contributed by atoms with Crippen molar-refractivity contribution in [2.75, 3.05) is 25.1 Å². The van der Waals surface area contributed by atoms with E-state index in [-0.39, 0.29) is 0 Å². The van der Waals surface area contributed by atoms with Crippen molar-refractivity contribution in [1.29, 1.82) is 0 Å². The van der Waals surface area contributed by atoms with Crippen molar-refractivity contribution < 1.29 is 18.9 Å². The highest BCUT2D eigenvalue weighted by molar-refractivity contribution is 9.10. The van der Waals surface area contributed by atoms with E-state index >= 15 is 0 Å². The van der Waals surface area contributed by atoms with Gasteiger partial charge < -0.3 is 24.3 Å². The van der Waals surface area contributed by atoms with E-state index in [1.807, 2.05) is 43.3 Å². The number of ether oxygens (including phenoxy) is 4. The molecule has 0 radical (unpaired) electrons. The molecule has 5 nitrogen and oxygen atoms in total. The molecule has 0 fully saturated rings. The molecule has 1 aliphatic heterocycles. The first-order valence-corrected chi connectivity index (χ1v) is 11.7. The standard InChI is InChI=1S/C24H22BrCl2NO4/c1-2-29-22-9-16(13-28-18-5-6-21-23(11-18)31-8-7-30-21)19(25)12-24(22)32-14-15-3-4-17(26)10-20(15)27/h3-6,9-12,28H,2,7-8,13-14H2,1H3. The van der Waals surface area contributed by atoms with Gasteiger partial charge in [0, 0.05) is 38.4 Å². The Balaban J connectivity index is 1.48. The van der Waals surface area contributed by atoms with Crippen molar-refractivity contribution in [3.8, 4) is 23.0 Å².